The van der Waals surface area contributed by atoms with Gasteiger partial charge in [0.25, 0.3) is 0 Å². The summed E-state index contributed by atoms with van der Waals surface area (Å²) in [5, 5.41) is 0. The number of para-hydroxylation sites is 1. The molecule has 2 aromatic rings. The molecule has 0 aliphatic carbocycles. The molecular formula is C18H23N3O2. The van der Waals surface area contributed by atoms with Crippen LogP contribution in [0.1, 0.15) is 32.0 Å². The third kappa shape index (κ3) is 3.23. The molecule has 1 amide bonds. The van der Waals surface area contributed by atoms with Gasteiger partial charge in [-0.05, 0) is 18.1 Å². The highest BCUT2D eigenvalue weighted by Gasteiger charge is 2.32. The summed E-state index contributed by atoms with van der Waals surface area (Å²) < 4.78 is 5.40. The highest BCUT2D eigenvalue weighted by molar-refractivity contribution is 5.79. The molecule has 0 bridgehead atoms. The lowest BCUT2D eigenvalue weighted by atomic mass is 10.1. The van der Waals surface area contributed by atoms with Gasteiger partial charge in [-0.1, -0.05) is 26.0 Å². The molecule has 1 aromatic heterocycles. The minimum Gasteiger partial charge on any atom is -0.496 e. The molecule has 3 rings (SSSR count). The van der Waals surface area contributed by atoms with Gasteiger partial charge in [-0.2, -0.15) is 0 Å². The van der Waals surface area contributed by atoms with Gasteiger partial charge in [0, 0.05) is 31.0 Å². The highest BCUT2D eigenvalue weighted by Crippen LogP contribution is 2.31. The summed E-state index contributed by atoms with van der Waals surface area (Å²) >= 11 is 0. The van der Waals surface area contributed by atoms with Crippen LogP contribution >= 0.6 is 0 Å². The van der Waals surface area contributed by atoms with E-state index in [1.807, 2.05) is 35.4 Å². The predicted octanol–water partition coefficient (Wildman–Crippen LogP) is 3.06. The van der Waals surface area contributed by atoms with Gasteiger partial charge in [-0.25, -0.2) is 4.98 Å². The number of methoxy groups -OCH3 is 1. The van der Waals surface area contributed by atoms with Crippen molar-refractivity contribution >= 4 is 5.91 Å². The number of carbonyl (C=O) groups is 1. The van der Waals surface area contributed by atoms with Gasteiger partial charge in [0.15, 0.2) is 0 Å². The summed E-state index contributed by atoms with van der Waals surface area (Å²) in [6.45, 7) is 5.83. The maximum absolute atomic E-state index is 12.1. The molecule has 1 aliphatic rings. The molecule has 1 aliphatic heterocycles. The summed E-state index contributed by atoms with van der Waals surface area (Å²) in [6.07, 6.45) is 2.36. The Morgan fingerprint density at radius 1 is 1.39 bits per heavy atom. The number of H-pyrrole nitrogens is 1. The van der Waals surface area contributed by atoms with Crippen molar-refractivity contribution in [2.75, 3.05) is 20.2 Å². The molecule has 122 valence electrons. The molecule has 5 nitrogen and oxygen atoms in total. The van der Waals surface area contributed by atoms with E-state index in [0.717, 1.165) is 35.9 Å². The van der Waals surface area contributed by atoms with E-state index in [4.69, 9.17) is 4.74 Å². The predicted molar refractivity (Wildman–Crippen MR) is 89.4 cm³/mol. The van der Waals surface area contributed by atoms with Crippen LogP contribution in [0.2, 0.25) is 0 Å². The third-order valence-corrected chi connectivity index (χ3v) is 4.18. The first kappa shape index (κ1) is 15.6. The maximum Gasteiger partial charge on any atom is 0.223 e. The van der Waals surface area contributed by atoms with Crippen LogP contribution in [-0.4, -0.2) is 41.0 Å². The number of ether oxygens (including phenoxy) is 1. The lowest BCUT2D eigenvalue weighted by Crippen LogP contribution is -2.29. The molecular weight excluding hydrogens is 290 g/mol. The van der Waals surface area contributed by atoms with Crippen LogP contribution < -0.4 is 4.74 Å². The number of carbonyl (C=O) groups excluding carboxylic acids is 1. The number of imidazole rings is 1. The molecule has 1 aromatic carbocycles. The van der Waals surface area contributed by atoms with Gasteiger partial charge in [0.1, 0.15) is 11.6 Å². The van der Waals surface area contributed by atoms with Crippen molar-refractivity contribution in [1.29, 1.82) is 0 Å². The van der Waals surface area contributed by atoms with Gasteiger partial charge in [-0.3, -0.25) is 4.79 Å². The van der Waals surface area contributed by atoms with Gasteiger partial charge in [0.2, 0.25) is 5.91 Å². The number of hydrogen-bond acceptors (Lipinski definition) is 3. The monoisotopic (exact) mass is 313 g/mol. The van der Waals surface area contributed by atoms with Crippen molar-refractivity contribution in [2.24, 2.45) is 5.92 Å². The van der Waals surface area contributed by atoms with E-state index >= 15 is 0 Å². The van der Waals surface area contributed by atoms with E-state index in [9.17, 15) is 4.79 Å². The van der Waals surface area contributed by atoms with Crippen molar-refractivity contribution in [3.05, 3.63) is 36.3 Å². The fourth-order valence-electron chi connectivity index (χ4n) is 3.12. The number of likely N-dealkylation sites (tertiary alicyclic amines) is 1. The number of rotatable bonds is 5. The molecule has 5 heteroatoms. The number of amides is 1. The van der Waals surface area contributed by atoms with E-state index in [-0.39, 0.29) is 11.8 Å². The average molecular weight is 313 g/mol. The highest BCUT2D eigenvalue weighted by atomic mass is 16.5. The van der Waals surface area contributed by atoms with Crippen LogP contribution in [0.15, 0.2) is 30.5 Å². The van der Waals surface area contributed by atoms with E-state index in [1.54, 1.807) is 7.11 Å². The standard InChI is InChI=1S/C18H23N3O2/c1-12(2)10-21-11-13(8-17(21)22)18-19-9-15(20-18)14-6-4-5-7-16(14)23-3/h4-7,9,12-13H,8,10-11H2,1-3H3,(H,19,20)/t13-/m1/s1. The van der Waals surface area contributed by atoms with Crippen LogP contribution in [0.3, 0.4) is 0 Å². The van der Waals surface area contributed by atoms with Gasteiger partial charge in [-0.15, -0.1) is 0 Å². The molecule has 1 atom stereocenters. The molecule has 2 heterocycles. The molecule has 0 unspecified atom stereocenters. The van der Waals surface area contributed by atoms with Crippen LogP contribution in [0, 0.1) is 5.92 Å². The Bertz CT molecular complexity index is 693. The number of aromatic nitrogens is 2. The van der Waals surface area contributed by atoms with Crippen LogP contribution in [0.5, 0.6) is 5.75 Å². The lowest BCUT2D eigenvalue weighted by Gasteiger charge is -2.18. The summed E-state index contributed by atoms with van der Waals surface area (Å²) in [7, 11) is 1.66. The number of hydrogen-bond donors (Lipinski definition) is 1. The Labute approximate surface area is 136 Å². The number of aromatic amines is 1. The Balaban J connectivity index is 1.79. The van der Waals surface area contributed by atoms with Crippen molar-refractivity contribution in [2.45, 2.75) is 26.2 Å². The molecule has 0 radical (unpaired) electrons. The molecule has 1 fully saturated rings. The summed E-state index contributed by atoms with van der Waals surface area (Å²) in [5.74, 6) is 2.54. The third-order valence-electron chi connectivity index (χ3n) is 4.18. The SMILES string of the molecule is COc1ccccc1-c1cnc([C@@H]2CC(=O)N(CC(C)C)C2)[nH]1. The van der Waals surface area contributed by atoms with E-state index in [2.05, 4.69) is 23.8 Å². The first-order valence-electron chi connectivity index (χ1n) is 8.04. The van der Waals surface area contributed by atoms with Gasteiger partial charge >= 0.3 is 0 Å². The lowest BCUT2D eigenvalue weighted by molar-refractivity contribution is -0.128. The van der Waals surface area contributed by atoms with Crippen molar-refractivity contribution in [3.63, 3.8) is 0 Å². The van der Waals surface area contributed by atoms with Crippen LogP contribution in [0.4, 0.5) is 0 Å². The Morgan fingerprint density at radius 2 is 2.17 bits per heavy atom. The maximum atomic E-state index is 12.1. The molecule has 1 N–H and O–H groups in total. The second-order valence-electron chi connectivity index (χ2n) is 6.48. The molecule has 0 saturated carbocycles. The van der Waals surface area contributed by atoms with Gasteiger partial charge in [0.05, 0.1) is 19.0 Å². The van der Waals surface area contributed by atoms with Crippen molar-refractivity contribution in [3.8, 4) is 17.0 Å². The number of nitrogens with zero attached hydrogens (tertiary/aromatic N) is 2. The van der Waals surface area contributed by atoms with E-state index in [1.165, 1.54) is 0 Å². The minimum absolute atomic E-state index is 0.143. The number of benzene rings is 1. The smallest absolute Gasteiger partial charge is 0.223 e. The summed E-state index contributed by atoms with van der Waals surface area (Å²) in [6, 6.07) is 7.85. The molecule has 23 heavy (non-hydrogen) atoms. The van der Waals surface area contributed by atoms with Crippen LogP contribution in [-0.2, 0) is 4.79 Å². The van der Waals surface area contributed by atoms with Crippen molar-refractivity contribution < 1.29 is 9.53 Å². The second kappa shape index (κ2) is 6.44. The average Bonchev–Trinajstić information content (AvgIpc) is 3.14. The first-order valence-corrected chi connectivity index (χ1v) is 8.04. The fraction of sp³-hybridized carbons (Fsp3) is 0.444. The molecule has 0 spiro atoms. The Morgan fingerprint density at radius 3 is 2.91 bits per heavy atom. The zero-order chi connectivity index (χ0) is 16.4. The number of nitrogens with one attached hydrogen (secondary N) is 1. The zero-order valence-electron chi connectivity index (χ0n) is 13.9. The van der Waals surface area contributed by atoms with Gasteiger partial charge < -0.3 is 14.6 Å². The Hall–Kier alpha value is -2.30. The summed E-state index contributed by atoms with van der Waals surface area (Å²) in [4.78, 5) is 22.0. The zero-order valence-corrected chi connectivity index (χ0v) is 13.9. The Kier molecular flexibility index (Phi) is 4.37. The van der Waals surface area contributed by atoms with E-state index in [0.29, 0.717) is 12.3 Å². The van der Waals surface area contributed by atoms with Crippen LogP contribution in [0.25, 0.3) is 11.3 Å². The minimum atomic E-state index is 0.143. The topological polar surface area (TPSA) is 58.2 Å². The normalized spacial score (nSPS) is 18.0. The van der Waals surface area contributed by atoms with Crippen molar-refractivity contribution in [1.82, 2.24) is 14.9 Å². The summed E-state index contributed by atoms with van der Waals surface area (Å²) in [5.41, 5.74) is 1.91. The fourth-order valence-corrected chi connectivity index (χ4v) is 3.12. The van der Waals surface area contributed by atoms with E-state index < -0.39 is 0 Å². The largest absolute Gasteiger partial charge is 0.496 e. The second-order valence-corrected chi connectivity index (χ2v) is 6.48. The first-order chi connectivity index (χ1) is 11.1. The quantitative estimate of drug-likeness (QED) is 0.923. The molecule has 1 saturated heterocycles.